The summed E-state index contributed by atoms with van der Waals surface area (Å²) in [5.41, 5.74) is -1.28. The smallest absolute Gasteiger partial charge is 0.335 e. The van der Waals surface area contributed by atoms with Crippen LogP contribution in [0.4, 0.5) is 0 Å². The second kappa shape index (κ2) is 15.5. The molecule has 0 bridgehead atoms. The van der Waals surface area contributed by atoms with Gasteiger partial charge in [-0.05, 0) is 6.92 Å². The summed E-state index contributed by atoms with van der Waals surface area (Å²) in [6.45, 7) is 9.72. The third kappa shape index (κ3) is 11.3. The maximum atomic E-state index is 12.0. The van der Waals surface area contributed by atoms with Gasteiger partial charge in [0.2, 0.25) is 0 Å². The molecule has 0 aliphatic carbocycles. The molecule has 1 unspecified atom stereocenters. The lowest BCUT2D eigenvalue weighted by molar-refractivity contribution is -0.171. The minimum absolute atomic E-state index is 0.0887. The van der Waals surface area contributed by atoms with Crippen LogP contribution in [0.3, 0.4) is 0 Å². The van der Waals surface area contributed by atoms with Gasteiger partial charge in [0.05, 0.1) is 55.9 Å². The monoisotopic (exact) mass is 418 g/mol. The van der Waals surface area contributed by atoms with Gasteiger partial charge in [-0.1, -0.05) is 19.7 Å². The van der Waals surface area contributed by atoms with E-state index in [-0.39, 0.29) is 52.2 Å². The van der Waals surface area contributed by atoms with E-state index in [0.717, 1.165) is 0 Å². The third-order valence-corrected chi connectivity index (χ3v) is 3.54. The number of aliphatic hydroxyl groups excluding tert-OH is 2. The van der Waals surface area contributed by atoms with Crippen molar-refractivity contribution in [2.75, 3.05) is 53.2 Å². The third-order valence-electron chi connectivity index (χ3n) is 3.54. The fraction of sp³-hybridized carbons (Fsp3) is 0.579. The van der Waals surface area contributed by atoms with E-state index in [1.165, 1.54) is 19.4 Å². The van der Waals surface area contributed by atoms with Gasteiger partial charge in [-0.3, -0.25) is 4.79 Å². The Bertz CT molecular complexity index is 515. The Balaban J connectivity index is 5.29. The highest BCUT2D eigenvalue weighted by molar-refractivity contribution is 5.87. The van der Waals surface area contributed by atoms with Crippen molar-refractivity contribution in [3.8, 4) is 0 Å². The molecule has 10 heteroatoms. The van der Waals surface area contributed by atoms with Crippen LogP contribution in [-0.2, 0) is 38.0 Å². The molecule has 0 aromatic carbocycles. The van der Waals surface area contributed by atoms with Gasteiger partial charge in [0.1, 0.15) is 13.2 Å². The molecule has 1 atom stereocenters. The van der Waals surface area contributed by atoms with Crippen molar-refractivity contribution in [3.63, 3.8) is 0 Å². The van der Waals surface area contributed by atoms with E-state index < -0.39 is 29.9 Å². The van der Waals surface area contributed by atoms with E-state index in [4.69, 9.17) is 38.6 Å². The van der Waals surface area contributed by atoms with Crippen LogP contribution in [0.5, 0.6) is 0 Å². The van der Waals surface area contributed by atoms with E-state index in [2.05, 4.69) is 19.7 Å². The molecule has 166 valence electrons. The van der Waals surface area contributed by atoms with Crippen molar-refractivity contribution < 1.29 is 48.2 Å². The van der Waals surface area contributed by atoms with Crippen LogP contribution >= 0.6 is 0 Å². The molecule has 2 N–H and O–H groups in total. The molecular weight excluding hydrogens is 388 g/mol. The first-order valence-corrected chi connectivity index (χ1v) is 8.69. The standard InChI is InChI=1S/C19H30O10/c1-5-24-13-26-9-19(10-27-14-25-6-2,11-28-17(22)15(3)7-20)12-29-18(23)16(4)8-21/h5-6,16,20-21H,1-3,7-14H2,4H3. The quantitative estimate of drug-likeness (QED) is 0.107. The molecule has 0 aromatic heterocycles. The second-order valence-corrected chi connectivity index (χ2v) is 6.13. The van der Waals surface area contributed by atoms with Crippen molar-refractivity contribution in [2.24, 2.45) is 11.3 Å². The predicted octanol–water partition coefficient (Wildman–Crippen LogP) is 0.504. The lowest BCUT2D eigenvalue weighted by Gasteiger charge is -2.32. The first-order chi connectivity index (χ1) is 13.9. The van der Waals surface area contributed by atoms with Crippen molar-refractivity contribution in [1.29, 1.82) is 0 Å². The van der Waals surface area contributed by atoms with Crippen LogP contribution in [0.25, 0.3) is 0 Å². The summed E-state index contributed by atoms with van der Waals surface area (Å²) in [5, 5.41) is 18.1. The summed E-state index contributed by atoms with van der Waals surface area (Å²) < 4.78 is 31.0. The number of aliphatic hydroxyl groups is 2. The van der Waals surface area contributed by atoms with Crippen molar-refractivity contribution in [2.45, 2.75) is 6.92 Å². The Labute approximate surface area is 170 Å². The number of carbonyl (C=O) groups excluding carboxylic acids is 2. The lowest BCUT2D eigenvalue weighted by Crippen LogP contribution is -2.43. The lowest BCUT2D eigenvalue weighted by atomic mass is 9.92. The van der Waals surface area contributed by atoms with Crippen LogP contribution in [0.1, 0.15) is 6.92 Å². The molecule has 0 saturated heterocycles. The zero-order chi connectivity index (χ0) is 22.1. The Hall–Kier alpha value is -2.40. The molecule has 0 fully saturated rings. The second-order valence-electron chi connectivity index (χ2n) is 6.13. The van der Waals surface area contributed by atoms with Crippen molar-refractivity contribution in [3.05, 3.63) is 37.8 Å². The highest BCUT2D eigenvalue weighted by Crippen LogP contribution is 2.22. The number of rotatable bonds is 18. The van der Waals surface area contributed by atoms with E-state index in [0.29, 0.717) is 0 Å². The summed E-state index contributed by atoms with van der Waals surface area (Å²) in [7, 11) is 0. The molecule has 0 aromatic rings. The van der Waals surface area contributed by atoms with Crippen LogP contribution in [0.15, 0.2) is 37.8 Å². The summed E-state index contributed by atoms with van der Waals surface area (Å²) in [6, 6.07) is 0. The first kappa shape index (κ1) is 26.6. The zero-order valence-corrected chi connectivity index (χ0v) is 16.7. The highest BCUT2D eigenvalue weighted by atomic mass is 16.7. The number of ether oxygens (including phenoxy) is 6. The molecule has 0 rings (SSSR count). The minimum atomic E-state index is -1.13. The van der Waals surface area contributed by atoms with Crippen LogP contribution in [0.2, 0.25) is 0 Å². The van der Waals surface area contributed by atoms with Crippen LogP contribution in [-0.4, -0.2) is 75.4 Å². The largest absolute Gasteiger partial charge is 0.476 e. The van der Waals surface area contributed by atoms with E-state index in [1.807, 2.05) is 0 Å². The van der Waals surface area contributed by atoms with Crippen molar-refractivity contribution >= 4 is 11.9 Å². The maximum Gasteiger partial charge on any atom is 0.335 e. The van der Waals surface area contributed by atoms with Gasteiger partial charge in [-0.2, -0.15) is 0 Å². The molecule has 0 aliphatic heterocycles. The Morgan fingerprint density at radius 2 is 1.48 bits per heavy atom. The summed E-state index contributed by atoms with van der Waals surface area (Å²) in [6.07, 6.45) is 2.37. The van der Waals surface area contributed by atoms with Gasteiger partial charge < -0.3 is 38.6 Å². The molecular formula is C19H30O10. The summed E-state index contributed by atoms with van der Waals surface area (Å²) in [5.74, 6) is -2.20. The molecule has 10 nitrogen and oxygen atoms in total. The molecule has 0 spiro atoms. The van der Waals surface area contributed by atoms with Gasteiger partial charge in [0.15, 0.2) is 13.6 Å². The molecule has 29 heavy (non-hydrogen) atoms. The SMILES string of the molecule is C=COCOCC(COCOC=C)(COC(=O)C(=C)CO)COC(=O)C(C)CO. The van der Waals surface area contributed by atoms with E-state index >= 15 is 0 Å². The topological polar surface area (TPSA) is 130 Å². The first-order valence-electron chi connectivity index (χ1n) is 8.69. The van der Waals surface area contributed by atoms with Gasteiger partial charge in [0, 0.05) is 0 Å². The van der Waals surface area contributed by atoms with Gasteiger partial charge in [-0.15, -0.1) is 0 Å². The Morgan fingerprint density at radius 1 is 0.966 bits per heavy atom. The normalized spacial score (nSPS) is 11.8. The van der Waals surface area contributed by atoms with Gasteiger partial charge in [-0.25, -0.2) is 4.79 Å². The zero-order valence-electron chi connectivity index (χ0n) is 16.7. The molecule has 0 radical (unpaired) electrons. The molecule has 0 saturated carbocycles. The van der Waals surface area contributed by atoms with Gasteiger partial charge >= 0.3 is 11.9 Å². The minimum Gasteiger partial charge on any atom is -0.476 e. The number of hydrogen-bond acceptors (Lipinski definition) is 10. The van der Waals surface area contributed by atoms with Gasteiger partial charge in [0.25, 0.3) is 0 Å². The van der Waals surface area contributed by atoms with Crippen LogP contribution in [0, 0.1) is 11.3 Å². The average Bonchev–Trinajstić information content (AvgIpc) is 2.74. The number of hydrogen-bond donors (Lipinski definition) is 2. The number of carbonyl (C=O) groups is 2. The fourth-order valence-electron chi connectivity index (χ4n) is 1.79. The predicted molar refractivity (Wildman–Crippen MR) is 101 cm³/mol. The average molecular weight is 418 g/mol. The molecule has 0 heterocycles. The van der Waals surface area contributed by atoms with E-state index in [9.17, 15) is 9.59 Å². The van der Waals surface area contributed by atoms with Crippen molar-refractivity contribution in [1.82, 2.24) is 0 Å². The molecule has 0 amide bonds. The number of esters is 2. The fourth-order valence-corrected chi connectivity index (χ4v) is 1.79. The summed E-state index contributed by atoms with van der Waals surface area (Å²) in [4.78, 5) is 23.9. The summed E-state index contributed by atoms with van der Waals surface area (Å²) >= 11 is 0. The highest BCUT2D eigenvalue weighted by Gasteiger charge is 2.36. The Kier molecular flexibility index (Phi) is 14.2. The maximum absolute atomic E-state index is 12.0. The van der Waals surface area contributed by atoms with Crippen LogP contribution < -0.4 is 0 Å². The molecule has 0 aliphatic rings. The Morgan fingerprint density at radius 3 is 1.93 bits per heavy atom. The van der Waals surface area contributed by atoms with E-state index in [1.54, 1.807) is 0 Å².